The number of ether oxygens (including phenoxy) is 1. The van der Waals surface area contributed by atoms with Crippen LogP contribution in [0.4, 0.5) is 0 Å². The molecule has 106 valence electrons. The van der Waals surface area contributed by atoms with Crippen molar-refractivity contribution in [2.24, 2.45) is 5.41 Å². The van der Waals surface area contributed by atoms with E-state index in [2.05, 4.69) is 0 Å². The fourth-order valence-electron chi connectivity index (χ4n) is 1.67. The van der Waals surface area contributed by atoms with Crippen LogP contribution in [-0.2, 0) is 4.79 Å². The number of aliphatic carboxylic acids is 1. The van der Waals surface area contributed by atoms with Crippen LogP contribution in [0.1, 0.15) is 38.7 Å². The topological polar surface area (TPSA) is 46.5 Å². The Bertz CT molecular complexity index is 441. The average Bonchev–Trinajstić information content (AvgIpc) is 2.33. The standard InChI is InChI=1S/C15H21ClO3/c1-11-10-12(6-7-13(11)16)19-9-5-4-8-15(2,3)14(17)18/h6-7,10H,4-5,8-9H2,1-3H3,(H,17,18). The number of benzene rings is 1. The van der Waals surface area contributed by atoms with Crippen molar-refractivity contribution in [1.29, 1.82) is 0 Å². The molecule has 0 aliphatic heterocycles. The van der Waals surface area contributed by atoms with Gasteiger partial charge < -0.3 is 9.84 Å². The van der Waals surface area contributed by atoms with Gasteiger partial charge in [-0.15, -0.1) is 0 Å². The number of rotatable bonds is 7. The second-order valence-corrected chi connectivity index (χ2v) is 5.81. The van der Waals surface area contributed by atoms with Crippen molar-refractivity contribution in [2.75, 3.05) is 6.61 Å². The quantitative estimate of drug-likeness (QED) is 0.759. The maximum atomic E-state index is 10.9. The van der Waals surface area contributed by atoms with Crippen molar-refractivity contribution in [1.82, 2.24) is 0 Å². The molecule has 0 aliphatic carbocycles. The zero-order chi connectivity index (χ0) is 14.5. The van der Waals surface area contributed by atoms with Gasteiger partial charge in [-0.1, -0.05) is 11.6 Å². The molecule has 1 rings (SSSR count). The van der Waals surface area contributed by atoms with E-state index in [0.717, 1.165) is 29.2 Å². The lowest BCUT2D eigenvalue weighted by Gasteiger charge is -2.18. The summed E-state index contributed by atoms with van der Waals surface area (Å²) in [6, 6.07) is 5.57. The SMILES string of the molecule is Cc1cc(OCCCCC(C)(C)C(=O)O)ccc1Cl. The Hall–Kier alpha value is -1.22. The molecule has 0 aliphatic rings. The summed E-state index contributed by atoms with van der Waals surface area (Å²) < 4.78 is 5.61. The third kappa shape index (κ3) is 5.11. The largest absolute Gasteiger partial charge is 0.494 e. The molecule has 0 heterocycles. The van der Waals surface area contributed by atoms with Crippen LogP contribution in [0.25, 0.3) is 0 Å². The summed E-state index contributed by atoms with van der Waals surface area (Å²) in [5.41, 5.74) is 0.336. The number of aryl methyl sites for hydroxylation is 1. The Morgan fingerprint density at radius 3 is 2.63 bits per heavy atom. The van der Waals surface area contributed by atoms with Crippen LogP contribution in [0.3, 0.4) is 0 Å². The highest BCUT2D eigenvalue weighted by atomic mass is 35.5. The zero-order valence-electron chi connectivity index (χ0n) is 11.7. The first kappa shape index (κ1) is 15.8. The first-order valence-corrected chi connectivity index (χ1v) is 6.83. The van der Waals surface area contributed by atoms with Gasteiger partial charge in [0.2, 0.25) is 0 Å². The fraction of sp³-hybridized carbons (Fsp3) is 0.533. The zero-order valence-corrected chi connectivity index (χ0v) is 12.5. The van der Waals surface area contributed by atoms with Crippen molar-refractivity contribution in [3.8, 4) is 5.75 Å². The lowest BCUT2D eigenvalue weighted by Crippen LogP contribution is -2.23. The summed E-state index contributed by atoms with van der Waals surface area (Å²) in [5, 5.41) is 9.72. The van der Waals surface area contributed by atoms with Crippen LogP contribution in [0.5, 0.6) is 5.75 Å². The van der Waals surface area contributed by atoms with Gasteiger partial charge in [0.05, 0.1) is 12.0 Å². The molecule has 1 N–H and O–H groups in total. The third-order valence-electron chi connectivity index (χ3n) is 3.17. The number of carboxylic acids is 1. The van der Waals surface area contributed by atoms with Crippen LogP contribution in [0.15, 0.2) is 18.2 Å². The number of carboxylic acid groups (broad SMARTS) is 1. The van der Waals surface area contributed by atoms with Crippen LogP contribution in [0.2, 0.25) is 5.02 Å². The minimum atomic E-state index is -0.748. The van der Waals surface area contributed by atoms with Gasteiger partial charge in [-0.2, -0.15) is 0 Å². The highest BCUT2D eigenvalue weighted by molar-refractivity contribution is 6.31. The van der Waals surface area contributed by atoms with Gasteiger partial charge >= 0.3 is 5.97 Å². The number of halogens is 1. The van der Waals surface area contributed by atoms with Gasteiger partial charge in [-0.25, -0.2) is 0 Å². The minimum absolute atomic E-state index is 0.594. The summed E-state index contributed by atoms with van der Waals surface area (Å²) >= 11 is 5.93. The van der Waals surface area contributed by atoms with E-state index in [1.54, 1.807) is 13.8 Å². The van der Waals surface area contributed by atoms with Gasteiger partial charge in [-0.3, -0.25) is 4.79 Å². The van der Waals surface area contributed by atoms with E-state index in [9.17, 15) is 4.79 Å². The Kier molecular flexibility index (Phi) is 5.67. The molecule has 0 fully saturated rings. The van der Waals surface area contributed by atoms with Crippen molar-refractivity contribution >= 4 is 17.6 Å². The van der Waals surface area contributed by atoms with E-state index >= 15 is 0 Å². The van der Waals surface area contributed by atoms with E-state index in [1.807, 2.05) is 25.1 Å². The molecule has 0 atom stereocenters. The van der Waals surface area contributed by atoms with Crippen molar-refractivity contribution < 1.29 is 14.6 Å². The Labute approximate surface area is 119 Å². The third-order valence-corrected chi connectivity index (χ3v) is 3.60. The normalized spacial score (nSPS) is 11.4. The molecule has 0 saturated heterocycles. The van der Waals surface area contributed by atoms with E-state index in [1.165, 1.54) is 0 Å². The molecule has 0 bridgehead atoms. The maximum Gasteiger partial charge on any atom is 0.309 e. The van der Waals surface area contributed by atoms with Gasteiger partial charge in [0.15, 0.2) is 0 Å². The molecule has 3 nitrogen and oxygen atoms in total. The first-order valence-electron chi connectivity index (χ1n) is 6.45. The second-order valence-electron chi connectivity index (χ2n) is 5.41. The summed E-state index contributed by atoms with van der Waals surface area (Å²) in [6.45, 7) is 6.03. The summed E-state index contributed by atoms with van der Waals surface area (Å²) in [4.78, 5) is 10.9. The molecule has 0 spiro atoms. The van der Waals surface area contributed by atoms with Crippen molar-refractivity contribution in [3.63, 3.8) is 0 Å². The Balaban J connectivity index is 2.28. The van der Waals surface area contributed by atoms with E-state index in [0.29, 0.717) is 13.0 Å². The predicted molar refractivity (Wildman–Crippen MR) is 77.0 cm³/mol. The average molecular weight is 285 g/mol. The molecule has 19 heavy (non-hydrogen) atoms. The number of hydrogen-bond acceptors (Lipinski definition) is 2. The maximum absolute atomic E-state index is 10.9. The van der Waals surface area contributed by atoms with E-state index in [4.69, 9.17) is 21.4 Å². The molecule has 4 heteroatoms. The van der Waals surface area contributed by atoms with Gasteiger partial charge in [-0.05, 0) is 63.8 Å². The fourth-order valence-corrected chi connectivity index (χ4v) is 1.79. The summed E-state index contributed by atoms with van der Waals surface area (Å²) in [7, 11) is 0. The van der Waals surface area contributed by atoms with Gasteiger partial charge in [0.1, 0.15) is 5.75 Å². The lowest BCUT2D eigenvalue weighted by molar-refractivity contribution is -0.147. The van der Waals surface area contributed by atoms with Crippen LogP contribution >= 0.6 is 11.6 Å². The first-order chi connectivity index (χ1) is 8.83. The molecule has 1 aromatic carbocycles. The predicted octanol–water partition coefficient (Wildman–Crippen LogP) is 4.31. The number of carbonyl (C=O) groups is 1. The van der Waals surface area contributed by atoms with Crippen LogP contribution in [-0.4, -0.2) is 17.7 Å². The molecule has 0 radical (unpaired) electrons. The van der Waals surface area contributed by atoms with E-state index in [-0.39, 0.29) is 0 Å². The van der Waals surface area contributed by atoms with Gasteiger partial charge in [0.25, 0.3) is 0 Å². The molecule has 0 aromatic heterocycles. The van der Waals surface area contributed by atoms with Crippen LogP contribution < -0.4 is 4.74 Å². The summed E-state index contributed by atoms with van der Waals surface area (Å²) in [6.07, 6.45) is 2.34. The number of unbranched alkanes of at least 4 members (excludes halogenated alkanes) is 1. The highest BCUT2D eigenvalue weighted by Crippen LogP contribution is 2.24. The number of hydrogen-bond donors (Lipinski definition) is 1. The highest BCUT2D eigenvalue weighted by Gasteiger charge is 2.25. The molecule has 0 unspecified atom stereocenters. The summed E-state index contributed by atoms with van der Waals surface area (Å²) in [5.74, 6) is 0.0566. The second kappa shape index (κ2) is 6.80. The molecular weight excluding hydrogens is 264 g/mol. The van der Waals surface area contributed by atoms with Crippen molar-refractivity contribution in [2.45, 2.75) is 40.0 Å². The Morgan fingerprint density at radius 2 is 2.05 bits per heavy atom. The monoisotopic (exact) mass is 284 g/mol. The molecule has 0 saturated carbocycles. The van der Waals surface area contributed by atoms with Crippen LogP contribution in [0, 0.1) is 12.3 Å². The minimum Gasteiger partial charge on any atom is -0.494 e. The molecule has 0 amide bonds. The van der Waals surface area contributed by atoms with E-state index < -0.39 is 11.4 Å². The smallest absolute Gasteiger partial charge is 0.309 e. The van der Waals surface area contributed by atoms with Crippen molar-refractivity contribution in [3.05, 3.63) is 28.8 Å². The van der Waals surface area contributed by atoms with Gasteiger partial charge in [0, 0.05) is 5.02 Å². The Morgan fingerprint density at radius 1 is 1.37 bits per heavy atom. The molecular formula is C15H21ClO3. The molecule has 1 aromatic rings. The lowest BCUT2D eigenvalue weighted by atomic mass is 9.87.